The molecule has 7 heteroatoms. The lowest BCUT2D eigenvalue weighted by Crippen LogP contribution is -2.41. The number of carbonyl (C=O) groups excluding carboxylic acids is 3. The Morgan fingerprint density at radius 1 is 1.24 bits per heavy atom. The topological polar surface area (TPSA) is 76.1 Å². The molecule has 0 unspecified atom stereocenters. The Balaban J connectivity index is 1.53. The molecule has 0 radical (unpaired) electrons. The molecule has 2 aliphatic heterocycles. The van der Waals surface area contributed by atoms with Crippen molar-refractivity contribution in [3.8, 4) is 5.75 Å². The van der Waals surface area contributed by atoms with Gasteiger partial charge < -0.3 is 19.3 Å². The van der Waals surface area contributed by atoms with Crippen molar-refractivity contribution in [2.45, 2.75) is 32.3 Å². The Labute approximate surface area is 146 Å². The van der Waals surface area contributed by atoms with Crippen LogP contribution in [0.1, 0.15) is 26.2 Å². The molecular formula is C18H22N2O5. The summed E-state index contributed by atoms with van der Waals surface area (Å²) in [6, 6.07) is 7.19. The highest BCUT2D eigenvalue weighted by atomic mass is 16.5. The summed E-state index contributed by atoms with van der Waals surface area (Å²) in [6.45, 7) is 3.19. The van der Waals surface area contributed by atoms with Gasteiger partial charge in [-0.05, 0) is 31.9 Å². The lowest BCUT2D eigenvalue weighted by Gasteiger charge is -2.29. The minimum atomic E-state index is -0.793. The van der Waals surface area contributed by atoms with Crippen molar-refractivity contribution in [1.29, 1.82) is 0 Å². The molecule has 2 amide bonds. The van der Waals surface area contributed by atoms with Gasteiger partial charge in [0, 0.05) is 19.6 Å². The predicted octanol–water partition coefficient (Wildman–Crippen LogP) is 1.36. The summed E-state index contributed by atoms with van der Waals surface area (Å²) in [5, 5.41) is 0. The zero-order valence-corrected chi connectivity index (χ0v) is 14.3. The number of amides is 2. The maximum Gasteiger partial charge on any atom is 0.308 e. The molecule has 3 rings (SSSR count). The van der Waals surface area contributed by atoms with Crippen LogP contribution in [0.25, 0.3) is 0 Å². The number of likely N-dealkylation sites (tertiary alicyclic amines) is 1. The summed E-state index contributed by atoms with van der Waals surface area (Å²) in [5.41, 5.74) is 0.646. The van der Waals surface area contributed by atoms with Crippen LogP contribution in [0.2, 0.25) is 0 Å². The molecule has 7 nitrogen and oxygen atoms in total. The first-order chi connectivity index (χ1) is 12.1. The number of para-hydroxylation sites is 2. The molecule has 1 aromatic rings. The molecule has 0 aliphatic carbocycles. The van der Waals surface area contributed by atoms with E-state index in [4.69, 9.17) is 9.47 Å². The van der Waals surface area contributed by atoms with E-state index < -0.39 is 12.1 Å². The van der Waals surface area contributed by atoms with Crippen LogP contribution in [0.3, 0.4) is 0 Å². The van der Waals surface area contributed by atoms with Gasteiger partial charge in [-0.15, -0.1) is 0 Å². The number of fused-ring (bicyclic) bond motifs is 1. The largest absolute Gasteiger partial charge is 0.482 e. The summed E-state index contributed by atoms with van der Waals surface area (Å²) in [7, 11) is 0. The third-order valence-corrected chi connectivity index (χ3v) is 4.42. The van der Waals surface area contributed by atoms with Gasteiger partial charge in [0.15, 0.2) is 12.7 Å². The second kappa shape index (κ2) is 7.55. The number of esters is 1. The minimum absolute atomic E-state index is 0.0255. The monoisotopic (exact) mass is 346 g/mol. The average Bonchev–Trinajstić information content (AvgIpc) is 3.14. The lowest BCUT2D eigenvalue weighted by atomic mass is 10.2. The lowest BCUT2D eigenvalue weighted by molar-refractivity contribution is -0.158. The number of hydrogen-bond donors (Lipinski definition) is 0. The molecular weight excluding hydrogens is 324 g/mol. The van der Waals surface area contributed by atoms with E-state index in [1.807, 2.05) is 12.1 Å². The maximum absolute atomic E-state index is 12.2. The van der Waals surface area contributed by atoms with E-state index in [0.29, 0.717) is 11.4 Å². The molecule has 0 saturated carbocycles. The fourth-order valence-corrected chi connectivity index (χ4v) is 3.10. The van der Waals surface area contributed by atoms with E-state index in [1.165, 1.54) is 4.90 Å². The van der Waals surface area contributed by atoms with Crippen LogP contribution in [0.4, 0.5) is 5.69 Å². The van der Waals surface area contributed by atoms with Crippen molar-refractivity contribution in [1.82, 2.24) is 4.90 Å². The normalized spacial score (nSPS) is 17.7. The van der Waals surface area contributed by atoms with Crippen LogP contribution >= 0.6 is 0 Å². The van der Waals surface area contributed by atoms with Crippen LogP contribution in [0, 0.1) is 0 Å². The van der Waals surface area contributed by atoms with Crippen molar-refractivity contribution in [2.75, 3.05) is 31.1 Å². The molecule has 0 N–H and O–H groups in total. The van der Waals surface area contributed by atoms with Crippen LogP contribution in [-0.4, -0.2) is 55.0 Å². The number of nitrogens with zero attached hydrogens (tertiary/aromatic N) is 2. The van der Waals surface area contributed by atoms with Gasteiger partial charge in [0.25, 0.3) is 11.8 Å². The van der Waals surface area contributed by atoms with Gasteiger partial charge in [-0.2, -0.15) is 0 Å². The van der Waals surface area contributed by atoms with Crippen LogP contribution in [0.5, 0.6) is 5.75 Å². The number of anilines is 1. The second-order valence-electron chi connectivity index (χ2n) is 6.22. The van der Waals surface area contributed by atoms with Gasteiger partial charge in [0.2, 0.25) is 0 Å². The molecule has 0 spiro atoms. The fraction of sp³-hybridized carbons (Fsp3) is 0.500. The molecule has 0 bridgehead atoms. The molecule has 1 saturated heterocycles. The van der Waals surface area contributed by atoms with Gasteiger partial charge in [0.05, 0.1) is 12.1 Å². The van der Waals surface area contributed by atoms with E-state index >= 15 is 0 Å². The summed E-state index contributed by atoms with van der Waals surface area (Å²) in [6.07, 6.45) is 1.21. The van der Waals surface area contributed by atoms with Gasteiger partial charge >= 0.3 is 5.97 Å². The molecule has 1 fully saturated rings. The zero-order valence-electron chi connectivity index (χ0n) is 14.3. The number of hydrogen-bond acceptors (Lipinski definition) is 5. The number of carbonyl (C=O) groups is 3. The van der Waals surface area contributed by atoms with Crippen molar-refractivity contribution >= 4 is 23.5 Å². The third kappa shape index (κ3) is 3.92. The third-order valence-electron chi connectivity index (χ3n) is 4.42. The highest BCUT2D eigenvalue weighted by Crippen LogP contribution is 2.31. The van der Waals surface area contributed by atoms with E-state index in [1.54, 1.807) is 24.0 Å². The van der Waals surface area contributed by atoms with Crippen molar-refractivity contribution < 1.29 is 23.9 Å². The highest BCUT2D eigenvalue weighted by Gasteiger charge is 2.28. The first kappa shape index (κ1) is 17.3. The Hall–Kier alpha value is -2.57. The van der Waals surface area contributed by atoms with Crippen LogP contribution in [0.15, 0.2) is 24.3 Å². The molecule has 2 aliphatic rings. The van der Waals surface area contributed by atoms with E-state index in [0.717, 1.165) is 25.9 Å². The molecule has 2 heterocycles. The Morgan fingerprint density at radius 2 is 1.96 bits per heavy atom. The predicted molar refractivity (Wildman–Crippen MR) is 90.3 cm³/mol. The Morgan fingerprint density at radius 3 is 2.72 bits per heavy atom. The highest BCUT2D eigenvalue weighted by molar-refractivity contribution is 5.98. The number of rotatable bonds is 5. The minimum Gasteiger partial charge on any atom is -0.482 e. The molecule has 25 heavy (non-hydrogen) atoms. The maximum atomic E-state index is 12.2. The van der Waals surface area contributed by atoms with Gasteiger partial charge in [-0.3, -0.25) is 14.4 Å². The number of benzene rings is 1. The second-order valence-corrected chi connectivity index (χ2v) is 6.22. The Kier molecular flexibility index (Phi) is 5.21. The standard InChI is InChI=1S/C18H22N2O5/c1-13(18(23)19-9-4-5-10-19)25-17(22)8-11-20-14-6-2-3-7-15(14)24-12-16(20)21/h2-3,6-7,13H,4-5,8-12H2,1H3/t13-/m0/s1. The molecule has 1 atom stereocenters. The average molecular weight is 346 g/mol. The number of ether oxygens (including phenoxy) is 2. The fourth-order valence-electron chi connectivity index (χ4n) is 3.10. The van der Waals surface area contributed by atoms with E-state index in [-0.39, 0.29) is 31.4 Å². The van der Waals surface area contributed by atoms with Crippen molar-refractivity contribution in [3.63, 3.8) is 0 Å². The van der Waals surface area contributed by atoms with Gasteiger partial charge in [0.1, 0.15) is 5.75 Å². The summed E-state index contributed by atoms with van der Waals surface area (Å²) in [5.74, 6) is -0.226. The first-order valence-electron chi connectivity index (χ1n) is 8.56. The molecule has 134 valence electrons. The summed E-state index contributed by atoms with van der Waals surface area (Å²) >= 11 is 0. The smallest absolute Gasteiger partial charge is 0.308 e. The van der Waals surface area contributed by atoms with E-state index in [2.05, 4.69) is 0 Å². The van der Waals surface area contributed by atoms with Crippen molar-refractivity contribution in [3.05, 3.63) is 24.3 Å². The summed E-state index contributed by atoms with van der Waals surface area (Å²) in [4.78, 5) is 39.5. The molecule has 1 aromatic carbocycles. The Bertz CT molecular complexity index is 669. The summed E-state index contributed by atoms with van der Waals surface area (Å²) < 4.78 is 10.6. The van der Waals surface area contributed by atoms with Crippen molar-refractivity contribution in [2.24, 2.45) is 0 Å². The van der Waals surface area contributed by atoms with E-state index in [9.17, 15) is 14.4 Å². The van der Waals surface area contributed by atoms with Crippen LogP contribution in [-0.2, 0) is 19.1 Å². The van der Waals surface area contributed by atoms with Gasteiger partial charge in [-0.25, -0.2) is 0 Å². The molecule has 0 aromatic heterocycles. The zero-order chi connectivity index (χ0) is 17.8. The van der Waals surface area contributed by atoms with Gasteiger partial charge in [-0.1, -0.05) is 12.1 Å². The quantitative estimate of drug-likeness (QED) is 0.753. The SMILES string of the molecule is C[C@H](OC(=O)CCN1C(=O)COc2ccccc21)C(=O)N1CCCC1. The van der Waals surface area contributed by atoms with Crippen LogP contribution < -0.4 is 9.64 Å². The first-order valence-corrected chi connectivity index (χ1v) is 8.56.